The van der Waals surface area contributed by atoms with Crippen molar-refractivity contribution in [3.8, 4) is 0 Å². The van der Waals surface area contributed by atoms with Crippen LogP contribution in [0.1, 0.15) is 22.6 Å². The molecule has 108 valence electrons. The van der Waals surface area contributed by atoms with E-state index in [1.54, 1.807) is 6.08 Å². The van der Waals surface area contributed by atoms with Crippen molar-refractivity contribution in [1.82, 2.24) is 0 Å². The molecule has 0 fully saturated rings. The minimum Gasteiger partial charge on any atom is -0.353 e. The van der Waals surface area contributed by atoms with E-state index in [2.05, 4.69) is 12.1 Å². The third-order valence-electron chi connectivity index (χ3n) is 4.39. The second-order valence-electron chi connectivity index (χ2n) is 5.71. The van der Waals surface area contributed by atoms with Crippen molar-refractivity contribution in [3.63, 3.8) is 0 Å². The van der Waals surface area contributed by atoms with E-state index in [0.29, 0.717) is 6.61 Å². The Morgan fingerprint density at radius 1 is 0.955 bits per heavy atom. The maximum absolute atomic E-state index is 12.7. The van der Waals surface area contributed by atoms with Crippen LogP contribution in [0.4, 0.5) is 0 Å². The Hall–Kier alpha value is -2.45. The highest BCUT2D eigenvalue weighted by Crippen LogP contribution is 2.43. The molecule has 2 atom stereocenters. The van der Waals surface area contributed by atoms with Crippen molar-refractivity contribution >= 4 is 5.78 Å². The summed E-state index contributed by atoms with van der Waals surface area (Å²) in [6.07, 6.45) is 7.61. The molecule has 2 nitrogen and oxygen atoms in total. The number of carbonyl (C=O) groups excluding carboxylic acids is 1. The molecule has 2 unspecified atom stereocenters. The summed E-state index contributed by atoms with van der Waals surface area (Å²) in [6.45, 7) is 0.407. The first-order chi connectivity index (χ1) is 10.8. The van der Waals surface area contributed by atoms with Gasteiger partial charge in [-0.25, -0.2) is 0 Å². The molecule has 2 bridgehead atoms. The van der Waals surface area contributed by atoms with Gasteiger partial charge >= 0.3 is 0 Å². The number of ketones is 1. The highest BCUT2D eigenvalue weighted by molar-refractivity contribution is 6.01. The zero-order valence-electron chi connectivity index (χ0n) is 12.1. The predicted molar refractivity (Wildman–Crippen MR) is 85.4 cm³/mol. The normalized spacial score (nSPS) is 25.1. The average Bonchev–Trinajstić information content (AvgIpc) is 2.81. The number of benzene rings is 2. The van der Waals surface area contributed by atoms with Crippen molar-refractivity contribution in [2.75, 3.05) is 0 Å². The highest BCUT2D eigenvalue weighted by atomic mass is 16.5. The Bertz CT molecular complexity index is 773. The SMILES string of the molecule is O=C1C=CC2C=CC1(OCc1ccccc1)c1ccccc12. The largest absolute Gasteiger partial charge is 0.353 e. The Labute approximate surface area is 129 Å². The van der Waals surface area contributed by atoms with E-state index in [4.69, 9.17) is 4.74 Å². The van der Waals surface area contributed by atoms with Gasteiger partial charge in [0.05, 0.1) is 6.61 Å². The standard InChI is InChI=1S/C20H16O2/c21-19-11-10-16-12-13-20(19,18-9-5-4-8-17(16)18)22-14-15-6-2-1-3-7-15/h1-13,16H,14H2. The summed E-state index contributed by atoms with van der Waals surface area (Å²) in [6, 6.07) is 18.0. The van der Waals surface area contributed by atoms with Gasteiger partial charge < -0.3 is 4.74 Å². The Kier molecular flexibility index (Phi) is 3.05. The Morgan fingerprint density at radius 3 is 2.59 bits per heavy atom. The summed E-state index contributed by atoms with van der Waals surface area (Å²) in [5, 5.41) is 0. The number of ether oxygens (including phenoxy) is 1. The van der Waals surface area contributed by atoms with E-state index in [-0.39, 0.29) is 11.7 Å². The lowest BCUT2D eigenvalue weighted by Gasteiger charge is -2.33. The molecule has 2 aromatic carbocycles. The number of fused-ring (bicyclic) bond motifs is 1. The third-order valence-corrected chi connectivity index (χ3v) is 4.39. The summed E-state index contributed by atoms with van der Waals surface area (Å²) in [4.78, 5) is 12.7. The van der Waals surface area contributed by atoms with Gasteiger partial charge in [0.1, 0.15) is 0 Å². The molecule has 22 heavy (non-hydrogen) atoms. The fourth-order valence-electron chi connectivity index (χ4n) is 3.22. The molecule has 0 amide bonds. The summed E-state index contributed by atoms with van der Waals surface area (Å²) < 4.78 is 6.17. The second kappa shape index (κ2) is 5.08. The number of carbonyl (C=O) groups is 1. The van der Waals surface area contributed by atoms with Crippen LogP contribution in [0.5, 0.6) is 0 Å². The van der Waals surface area contributed by atoms with Crippen molar-refractivity contribution < 1.29 is 9.53 Å². The molecular weight excluding hydrogens is 272 g/mol. The molecule has 0 saturated carbocycles. The van der Waals surface area contributed by atoms with E-state index in [1.165, 1.54) is 0 Å². The first-order valence-corrected chi connectivity index (χ1v) is 7.49. The van der Waals surface area contributed by atoms with Crippen LogP contribution < -0.4 is 0 Å². The first kappa shape index (κ1) is 13.2. The third kappa shape index (κ3) is 1.96. The molecule has 0 saturated heterocycles. The van der Waals surface area contributed by atoms with Gasteiger partial charge in [-0.3, -0.25) is 4.79 Å². The van der Waals surface area contributed by atoms with Crippen molar-refractivity contribution in [2.24, 2.45) is 0 Å². The number of rotatable bonds is 3. The van der Waals surface area contributed by atoms with Crippen molar-refractivity contribution in [3.05, 3.63) is 95.6 Å². The van der Waals surface area contributed by atoms with E-state index in [9.17, 15) is 4.79 Å². The Morgan fingerprint density at radius 2 is 1.73 bits per heavy atom. The van der Waals surface area contributed by atoms with Crippen LogP contribution in [0.2, 0.25) is 0 Å². The van der Waals surface area contributed by atoms with Gasteiger partial charge in [-0.1, -0.05) is 66.7 Å². The summed E-state index contributed by atoms with van der Waals surface area (Å²) >= 11 is 0. The molecule has 3 aliphatic rings. The lowest BCUT2D eigenvalue weighted by atomic mass is 9.79. The van der Waals surface area contributed by atoms with E-state index in [1.807, 2.05) is 60.7 Å². The van der Waals surface area contributed by atoms with E-state index >= 15 is 0 Å². The quantitative estimate of drug-likeness (QED) is 0.801. The number of allylic oxidation sites excluding steroid dienone is 2. The topological polar surface area (TPSA) is 26.3 Å². The molecule has 3 aliphatic carbocycles. The smallest absolute Gasteiger partial charge is 0.195 e. The van der Waals surface area contributed by atoms with Crippen molar-refractivity contribution in [2.45, 2.75) is 18.1 Å². The van der Waals surface area contributed by atoms with Crippen LogP contribution >= 0.6 is 0 Å². The molecule has 2 heteroatoms. The fraction of sp³-hybridized carbons (Fsp3) is 0.150. The maximum atomic E-state index is 12.7. The minimum absolute atomic E-state index is 0.00729. The molecule has 0 spiro atoms. The van der Waals surface area contributed by atoms with Crippen LogP contribution in [0.3, 0.4) is 0 Å². The van der Waals surface area contributed by atoms with Crippen LogP contribution in [-0.4, -0.2) is 5.78 Å². The molecule has 0 aromatic heterocycles. The van der Waals surface area contributed by atoms with Crippen LogP contribution in [0.15, 0.2) is 78.9 Å². The van der Waals surface area contributed by atoms with Gasteiger partial charge in [0, 0.05) is 5.92 Å². The summed E-state index contributed by atoms with van der Waals surface area (Å²) in [5.41, 5.74) is 2.19. The first-order valence-electron chi connectivity index (χ1n) is 7.49. The van der Waals surface area contributed by atoms with Gasteiger partial charge in [0.2, 0.25) is 0 Å². The second-order valence-corrected chi connectivity index (χ2v) is 5.71. The molecule has 0 N–H and O–H groups in total. The van der Waals surface area contributed by atoms with Crippen LogP contribution in [-0.2, 0) is 21.7 Å². The molecular formula is C20H16O2. The lowest BCUT2D eigenvalue weighted by molar-refractivity contribution is -0.136. The highest BCUT2D eigenvalue weighted by Gasteiger charge is 2.43. The average molecular weight is 288 g/mol. The van der Waals surface area contributed by atoms with E-state index in [0.717, 1.165) is 16.7 Å². The van der Waals surface area contributed by atoms with Gasteiger partial charge in [-0.2, -0.15) is 0 Å². The zero-order valence-corrected chi connectivity index (χ0v) is 12.1. The van der Waals surface area contributed by atoms with Gasteiger partial charge in [-0.05, 0) is 28.8 Å². The molecule has 0 radical (unpaired) electrons. The molecule has 5 rings (SSSR count). The molecule has 2 aromatic rings. The summed E-state index contributed by atoms with van der Waals surface area (Å²) in [7, 11) is 0. The molecule has 0 heterocycles. The fourth-order valence-corrected chi connectivity index (χ4v) is 3.22. The van der Waals surface area contributed by atoms with Gasteiger partial charge in [-0.15, -0.1) is 0 Å². The number of hydrogen-bond donors (Lipinski definition) is 0. The van der Waals surface area contributed by atoms with Gasteiger partial charge in [0.15, 0.2) is 11.4 Å². The van der Waals surface area contributed by atoms with Crippen LogP contribution in [0.25, 0.3) is 0 Å². The molecule has 0 aliphatic heterocycles. The van der Waals surface area contributed by atoms with Crippen LogP contribution in [0, 0.1) is 0 Å². The maximum Gasteiger partial charge on any atom is 0.195 e. The predicted octanol–water partition coefficient (Wildman–Crippen LogP) is 3.89. The lowest BCUT2D eigenvalue weighted by Crippen LogP contribution is -2.37. The zero-order chi connectivity index (χ0) is 15.0. The van der Waals surface area contributed by atoms with Crippen molar-refractivity contribution in [1.29, 1.82) is 0 Å². The minimum atomic E-state index is -0.990. The number of hydrogen-bond acceptors (Lipinski definition) is 2. The monoisotopic (exact) mass is 288 g/mol. The summed E-state index contributed by atoms with van der Waals surface area (Å²) in [5.74, 6) is 0.156. The Balaban J connectivity index is 1.77. The van der Waals surface area contributed by atoms with Gasteiger partial charge in [0.25, 0.3) is 0 Å². The van der Waals surface area contributed by atoms with E-state index < -0.39 is 5.60 Å².